The molecule has 2 amide bonds. The standard InChI is InChI=1S/C15H11N3O4/c19-14-13(9-5-7-10(8-6-9)18(21)22)15(20)17-12-4-2-1-3-11(12)16-14/h1-8,13H,(H,16,19)(H,17,20). The number of benzene rings is 2. The summed E-state index contributed by atoms with van der Waals surface area (Å²) in [5.74, 6) is -2.01. The van der Waals surface area contributed by atoms with Gasteiger partial charge in [0, 0.05) is 12.1 Å². The van der Waals surface area contributed by atoms with Gasteiger partial charge in [-0.1, -0.05) is 24.3 Å². The van der Waals surface area contributed by atoms with Crippen LogP contribution in [-0.2, 0) is 9.59 Å². The van der Waals surface area contributed by atoms with E-state index in [0.29, 0.717) is 16.9 Å². The number of amides is 2. The summed E-state index contributed by atoms with van der Waals surface area (Å²) < 4.78 is 0. The number of anilines is 2. The number of rotatable bonds is 2. The van der Waals surface area contributed by atoms with Gasteiger partial charge in [-0.3, -0.25) is 19.7 Å². The molecular weight excluding hydrogens is 286 g/mol. The van der Waals surface area contributed by atoms with E-state index in [1.165, 1.54) is 24.3 Å². The van der Waals surface area contributed by atoms with Crippen molar-refractivity contribution in [2.24, 2.45) is 0 Å². The molecule has 0 aromatic heterocycles. The van der Waals surface area contributed by atoms with Gasteiger partial charge in [0.15, 0.2) is 0 Å². The van der Waals surface area contributed by atoms with Crippen LogP contribution >= 0.6 is 0 Å². The van der Waals surface area contributed by atoms with Crippen LogP contribution < -0.4 is 10.6 Å². The minimum atomic E-state index is -1.06. The second-order valence-corrected chi connectivity index (χ2v) is 4.81. The summed E-state index contributed by atoms with van der Waals surface area (Å²) in [5, 5.41) is 16.0. The first-order valence-electron chi connectivity index (χ1n) is 6.51. The third-order valence-electron chi connectivity index (χ3n) is 3.40. The Morgan fingerprint density at radius 3 is 1.82 bits per heavy atom. The highest BCUT2D eigenvalue weighted by molar-refractivity contribution is 6.19. The van der Waals surface area contributed by atoms with Crippen molar-refractivity contribution >= 4 is 28.9 Å². The van der Waals surface area contributed by atoms with Gasteiger partial charge in [-0.2, -0.15) is 0 Å². The Labute approximate surface area is 125 Å². The number of nitrogens with one attached hydrogen (secondary N) is 2. The summed E-state index contributed by atoms with van der Waals surface area (Å²) >= 11 is 0. The molecule has 2 aromatic carbocycles. The van der Waals surface area contributed by atoms with E-state index in [4.69, 9.17) is 0 Å². The van der Waals surface area contributed by atoms with Crippen LogP contribution in [0.3, 0.4) is 0 Å². The van der Waals surface area contributed by atoms with Gasteiger partial charge in [-0.05, 0) is 17.7 Å². The smallest absolute Gasteiger partial charge is 0.269 e. The normalized spacial score (nSPS) is 14.5. The molecule has 1 aliphatic rings. The highest BCUT2D eigenvalue weighted by Crippen LogP contribution is 2.30. The van der Waals surface area contributed by atoms with Gasteiger partial charge in [0.25, 0.3) is 5.69 Å². The molecule has 1 aliphatic heterocycles. The highest BCUT2D eigenvalue weighted by atomic mass is 16.6. The number of carbonyl (C=O) groups is 2. The molecule has 110 valence electrons. The molecule has 0 saturated carbocycles. The van der Waals surface area contributed by atoms with Gasteiger partial charge in [0.05, 0.1) is 16.3 Å². The lowest BCUT2D eigenvalue weighted by Crippen LogP contribution is -2.28. The van der Waals surface area contributed by atoms with Crippen molar-refractivity contribution in [3.05, 3.63) is 64.2 Å². The summed E-state index contributed by atoms with van der Waals surface area (Å²) in [6, 6.07) is 12.2. The Morgan fingerprint density at radius 2 is 1.36 bits per heavy atom. The van der Waals surface area contributed by atoms with Crippen molar-refractivity contribution in [2.45, 2.75) is 5.92 Å². The average molecular weight is 297 g/mol. The number of fused-ring (bicyclic) bond motifs is 1. The number of para-hydroxylation sites is 2. The predicted octanol–water partition coefficient (Wildman–Crippen LogP) is 2.27. The lowest BCUT2D eigenvalue weighted by Gasteiger charge is -2.11. The molecule has 0 bridgehead atoms. The molecule has 0 fully saturated rings. The SMILES string of the molecule is O=C1Nc2ccccc2NC(=O)C1c1ccc([N+](=O)[O-])cc1. The Hall–Kier alpha value is -3.22. The Balaban J connectivity index is 1.96. The van der Waals surface area contributed by atoms with Crippen molar-refractivity contribution in [1.29, 1.82) is 0 Å². The third-order valence-corrected chi connectivity index (χ3v) is 3.40. The number of nitrogens with zero attached hydrogens (tertiary/aromatic N) is 1. The molecule has 0 saturated heterocycles. The Bertz CT molecular complexity index is 734. The van der Waals surface area contributed by atoms with Crippen LogP contribution in [0.25, 0.3) is 0 Å². The summed E-state index contributed by atoms with van der Waals surface area (Å²) in [4.78, 5) is 34.7. The maximum absolute atomic E-state index is 12.3. The fraction of sp³-hybridized carbons (Fsp3) is 0.0667. The minimum absolute atomic E-state index is 0.0959. The molecule has 0 spiro atoms. The molecule has 0 aliphatic carbocycles. The van der Waals surface area contributed by atoms with E-state index >= 15 is 0 Å². The molecule has 7 nitrogen and oxygen atoms in total. The zero-order chi connectivity index (χ0) is 15.7. The summed E-state index contributed by atoms with van der Waals surface area (Å²) in [5.41, 5.74) is 1.34. The number of hydrogen-bond acceptors (Lipinski definition) is 4. The predicted molar refractivity (Wildman–Crippen MR) is 79.5 cm³/mol. The largest absolute Gasteiger partial charge is 0.323 e. The van der Waals surface area contributed by atoms with Crippen molar-refractivity contribution in [3.8, 4) is 0 Å². The van der Waals surface area contributed by atoms with Crippen molar-refractivity contribution in [1.82, 2.24) is 0 Å². The molecule has 0 atom stereocenters. The minimum Gasteiger partial charge on any atom is -0.323 e. The zero-order valence-corrected chi connectivity index (χ0v) is 11.3. The topological polar surface area (TPSA) is 101 Å². The maximum Gasteiger partial charge on any atom is 0.269 e. The monoisotopic (exact) mass is 297 g/mol. The van der Waals surface area contributed by atoms with Crippen LogP contribution in [0.5, 0.6) is 0 Å². The van der Waals surface area contributed by atoms with Crippen molar-refractivity contribution in [3.63, 3.8) is 0 Å². The average Bonchev–Trinajstić information content (AvgIpc) is 2.62. The van der Waals surface area contributed by atoms with E-state index in [1.807, 2.05) is 0 Å². The van der Waals surface area contributed by atoms with Gasteiger partial charge in [0.1, 0.15) is 5.92 Å². The van der Waals surface area contributed by atoms with E-state index in [0.717, 1.165) is 0 Å². The van der Waals surface area contributed by atoms with Crippen LogP contribution in [0.1, 0.15) is 11.5 Å². The van der Waals surface area contributed by atoms with Crippen molar-refractivity contribution in [2.75, 3.05) is 10.6 Å². The molecule has 2 aromatic rings. The first-order valence-corrected chi connectivity index (χ1v) is 6.51. The van der Waals surface area contributed by atoms with Crippen LogP contribution in [0.4, 0.5) is 17.1 Å². The van der Waals surface area contributed by atoms with E-state index in [9.17, 15) is 19.7 Å². The first kappa shape index (κ1) is 13.7. The van der Waals surface area contributed by atoms with Gasteiger partial charge >= 0.3 is 0 Å². The molecule has 1 heterocycles. The fourth-order valence-corrected chi connectivity index (χ4v) is 2.32. The number of non-ortho nitro benzene ring substituents is 1. The Morgan fingerprint density at radius 1 is 0.864 bits per heavy atom. The second kappa shape index (κ2) is 5.28. The van der Waals surface area contributed by atoms with Gasteiger partial charge in [-0.25, -0.2) is 0 Å². The fourth-order valence-electron chi connectivity index (χ4n) is 2.32. The molecule has 2 N–H and O–H groups in total. The summed E-state index contributed by atoms with van der Waals surface area (Å²) in [6.07, 6.45) is 0. The lowest BCUT2D eigenvalue weighted by molar-refractivity contribution is -0.384. The third kappa shape index (κ3) is 2.39. The molecule has 22 heavy (non-hydrogen) atoms. The molecular formula is C15H11N3O4. The number of carbonyl (C=O) groups excluding carboxylic acids is 2. The molecule has 0 radical (unpaired) electrons. The highest BCUT2D eigenvalue weighted by Gasteiger charge is 2.32. The first-order chi connectivity index (χ1) is 10.6. The number of nitro benzene ring substituents is 1. The van der Waals surface area contributed by atoms with E-state index in [1.54, 1.807) is 24.3 Å². The van der Waals surface area contributed by atoms with Crippen molar-refractivity contribution < 1.29 is 14.5 Å². The number of hydrogen-bond donors (Lipinski definition) is 2. The summed E-state index contributed by atoms with van der Waals surface area (Å²) in [6.45, 7) is 0. The Kier molecular flexibility index (Phi) is 3.30. The summed E-state index contributed by atoms with van der Waals surface area (Å²) in [7, 11) is 0. The van der Waals surface area contributed by atoms with Gasteiger partial charge in [0.2, 0.25) is 11.8 Å². The van der Waals surface area contributed by atoms with Crippen LogP contribution in [0.2, 0.25) is 0 Å². The van der Waals surface area contributed by atoms with Gasteiger partial charge in [-0.15, -0.1) is 0 Å². The lowest BCUT2D eigenvalue weighted by atomic mass is 9.97. The van der Waals surface area contributed by atoms with Crippen LogP contribution in [0, 0.1) is 10.1 Å². The molecule has 3 rings (SSSR count). The quantitative estimate of drug-likeness (QED) is 0.504. The molecule has 7 heteroatoms. The van der Waals surface area contributed by atoms with Crippen LogP contribution in [-0.4, -0.2) is 16.7 Å². The van der Waals surface area contributed by atoms with Gasteiger partial charge < -0.3 is 10.6 Å². The number of nitro groups is 1. The maximum atomic E-state index is 12.3. The van der Waals surface area contributed by atoms with Crippen LogP contribution in [0.15, 0.2) is 48.5 Å². The van der Waals surface area contributed by atoms with E-state index < -0.39 is 22.7 Å². The second-order valence-electron chi connectivity index (χ2n) is 4.81. The molecule has 0 unspecified atom stereocenters. The van der Waals surface area contributed by atoms with E-state index in [2.05, 4.69) is 10.6 Å². The van der Waals surface area contributed by atoms with E-state index in [-0.39, 0.29) is 5.69 Å². The zero-order valence-electron chi connectivity index (χ0n) is 11.3.